The molecule has 0 aromatic rings. The average Bonchev–Trinajstić information content (AvgIpc) is 1.59. The molecule has 56 valence electrons. The van der Waals surface area contributed by atoms with E-state index >= 15 is 0 Å². The quantitative estimate of drug-likeness (QED) is 0.557. The monoisotopic (exact) mass is 160 g/mol. The Labute approximate surface area is 62.3 Å². The summed E-state index contributed by atoms with van der Waals surface area (Å²) in [5.74, 6) is 0. The van der Waals surface area contributed by atoms with Gasteiger partial charge in [0.25, 0.3) is 0 Å². The lowest BCUT2D eigenvalue weighted by Gasteiger charge is -2.15. The molecule has 0 aliphatic carbocycles. The lowest BCUT2D eigenvalue weighted by atomic mass is 10.9. The van der Waals surface area contributed by atoms with E-state index in [-0.39, 0.29) is 8.80 Å². The van der Waals surface area contributed by atoms with E-state index in [0.29, 0.717) is 0 Å². The Hall–Kier alpha value is 0.434. The third-order valence-electron chi connectivity index (χ3n) is 1.47. The lowest BCUT2D eigenvalue weighted by Crippen LogP contribution is -2.20. The summed E-state index contributed by atoms with van der Waals surface area (Å²) in [4.78, 5) is 0. The number of hydrogen-bond acceptors (Lipinski definition) is 0. The van der Waals surface area contributed by atoms with E-state index in [1.807, 2.05) is 0 Å². The normalized spacial score (nSPS) is 12.7. The molecule has 0 amide bonds. The Morgan fingerprint density at radius 3 is 1.67 bits per heavy atom. The van der Waals surface area contributed by atoms with Gasteiger partial charge in [0.1, 0.15) is 0 Å². The smallest absolute Gasteiger partial charge is 0.0439 e. The van der Waals surface area contributed by atoms with Gasteiger partial charge in [-0.1, -0.05) is 44.8 Å². The van der Waals surface area contributed by atoms with E-state index in [1.54, 1.807) is 12.1 Å². The highest BCUT2D eigenvalue weighted by molar-refractivity contribution is 6.77. The fraction of sp³-hybridized carbons (Fsp3) is 1.00. The van der Waals surface area contributed by atoms with Crippen LogP contribution in [0.2, 0.25) is 44.8 Å². The van der Waals surface area contributed by atoms with Crippen molar-refractivity contribution < 1.29 is 0 Å². The molecule has 0 atom stereocenters. The average molecular weight is 160 g/mol. The van der Waals surface area contributed by atoms with Crippen LogP contribution in [0.4, 0.5) is 0 Å². The summed E-state index contributed by atoms with van der Waals surface area (Å²) in [7, 11) is -0.921. The highest BCUT2D eigenvalue weighted by atomic mass is 28.3. The predicted molar refractivity (Wildman–Crippen MR) is 51.8 cm³/mol. The molecule has 0 aliphatic heterocycles. The van der Waals surface area contributed by atoms with Crippen LogP contribution in [0.25, 0.3) is 0 Å². The third kappa shape index (κ3) is 8.43. The molecule has 0 saturated heterocycles. The maximum absolute atomic E-state index is 2.46. The van der Waals surface area contributed by atoms with Crippen LogP contribution in [-0.4, -0.2) is 16.9 Å². The van der Waals surface area contributed by atoms with Gasteiger partial charge < -0.3 is 0 Å². The molecule has 0 rings (SSSR count). The topological polar surface area (TPSA) is 0 Å². The molecule has 0 fully saturated rings. The summed E-state index contributed by atoms with van der Waals surface area (Å²) in [6.45, 7) is 12.3. The molecule has 0 unspecified atom stereocenters. The first kappa shape index (κ1) is 9.43. The Balaban J connectivity index is 3.28. The van der Waals surface area contributed by atoms with Crippen molar-refractivity contribution in [2.24, 2.45) is 0 Å². The minimum absolute atomic E-state index is 0.236. The molecule has 0 aromatic carbocycles. The van der Waals surface area contributed by atoms with E-state index < -0.39 is 8.07 Å². The maximum atomic E-state index is 2.46. The summed E-state index contributed by atoms with van der Waals surface area (Å²) in [5.41, 5.74) is 0. The van der Waals surface area contributed by atoms with E-state index in [1.165, 1.54) is 0 Å². The molecule has 0 nitrogen and oxygen atoms in total. The standard InChI is InChI=1S/C7H20Si2/c1-8(2)6-7-9(3,4)5/h8H,6-7H2,1-5H3. The van der Waals surface area contributed by atoms with Crippen LogP contribution in [-0.2, 0) is 0 Å². The van der Waals surface area contributed by atoms with Gasteiger partial charge >= 0.3 is 0 Å². The van der Waals surface area contributed by atoms with Crippen molar-refractivity contribution in [3.63, 3.8) is 0 Å². The van der Waals surface area contributed by atoms with Gasteiger partial charge in [-0.3, -0.25) is 0 Å². The zero-order valence-electron chi connectivity index (χ0n) is 7.49. The summed E-state index contributed by atoms with van der Waals surface area (Å²) >= 11 is 0. The van der Waals surface area contributed by atoms with Crippen molar-refractivity contribution in [2.75, 3.05) is 0 Å². The molecule has 0 bridgehead atoms. The van der Waals surface area contributed by atoms with Crippen LogP contribution in [0.3, 0.4) is 0 Å². The fourth-order valence-electron chi connectivity index (χ4n) is 0.722. The van der Waals surface area contributed by atoms with Crippen molar-refractivity contribution in [3.8, 4) is 0 Å². The maximum Gasteiger partial charge on any atom is 0.0439 e. The van der Waals surface area contributed by atoms with Gasteiger partial charge in [-0.2, -0.15) is 0 Å². The van der Waals surface area contributed by atoms with Crippen LogP contribution < -0.4 is 0 Å². The predicted octanol–water partition coefficient (Wildman–Crippen LogP) is 2.81. The first-order valence-electron chi connectivity index (χ1n) is 3.92. The van der Waals surface area contributed by atoms with Crippen molar-refractivity contribution in [3.05, 3.63) is 0 Å². The van der Waals surface area contributed by atoms with Crippen molar-refractivity contribution in [2.45, 2.75) is 44.8 Å². The van der Waals surface area contributed by atoms with Gasteiger partial charge in [-0.05, 0) is 0 Å². The highest BCUT2D eigenvalue weighted by Crippen LogP contribution is 2.12. The van der Waals surface area contributed by atoms with E-state index in [0.717, 1.165) is 0 Å². The molecular weight excluding hydrogens is 140 g/mol. The number of rotatable bonds is 3. The fourth-order valence-corrected chi connectivity index (χ4v) is 6.50. The molecule has 0 aliphatic rings. The van der Waals surface area contributed by atoms with Gasteiger partial charge in [0.15, 0.2) is 0 Å². The van der Waals surface area contributed by atoms with E-state index in [4.69, 9.17) is 0 Å². The molecule has 0 aromatic heterocycles. The van der Waals surface area contributed by atoms with Gasteiger partial charge in [-0.25, -0.2) is 0 Å². The highest BCUT2D eigenvalue weighted by Gasteiger charge is 2.12. The second-order valence-corrected chi connectivity index (χ2v) is 13.5. The largest absolute Gasteiger partial charge is 0.0722 e. The Morgan fingerprint density at radius 1 is 1.11 bits per heavy atom. The summed E-state index contributed by atoms with van der Waals surface area (Å²) in [6, 6.07) is 3.12. The Kier molecular flexibility index (Phi) is 3.74. The van der Waals surface area contributed by atoms with E-state index in [2.05, 4.69) is 32.7 Å². The molecule has 0 N–H and O–H groups in total. The second-order valence-electron chi connectivity index (χ2n) is 4.49. The van der Waals surface area contributed by atoms with Crippen molar-refractivity contribution in [1.29, 1.82) is 0 Å². The van der Waals surface area contributed by atoms with Crippen molar-refractivity contribution in [1.82, 2.24) is 0 Å². The SMILES string of the molecule is C[SiH](C)CC[Si](C)(C)C. The zero-order chi connectivity index (χ0) is 7.49. The summed E-state index contributed by atoms with van der Waals surface area (Å²) in [6.07, 6.45) is 0. The molecule has 0 heterocycles. The van der Waals surface area contributed by atoms with Crippen LogP contribution in [0.1, 0.15) is 0 Å². The van der Waals surface area contributed by atoms with Crippen LogP contribution in [0.15, 0.2) is 0 Å². The lowest BCUT2D eigenvalue weighted by molar-refractivity contribution is 1.31. The minimum Gasteiger partial charge on any atom is -0.0722 e. The molecule has 9 heavy (non-hydrogen) atoms. The van der Waals surface area contributed by atoms with Crippen LogP contribution >= 0.6 is 0 Å². The van der Waals surface area contributed by atoms with Gasteiger partial charge in [-0.15, -0.1) is 0 Å². The minimum atomic E-state index is -0.685. The molecule has 0 radical (unpaired) electrons. The van der Waals surface area contributed by atoms with Crippen molar-refractivity contribution >= 4 is 16.9 Å². The van der Waals surface area contributed by atoms with Crippen LogP contribution in [0, 0.1) is 0 Å². The first-order valence-corrected chi connectivity index (χ1v) is 10.7. The van der Waals surface area contributed by atoms with Gasteiger partial charge in [0, 0.05) is 16.9 Å². The first-order chi connectivity index (χ1) is 3.92. The molecule has 2 heteroatoms. The number of hydrogen-bond donors (Lipinski definition) is 0. The van der Waals surface area contributed by atoms with E-state index in [9.17, 15) is 0 Å². The Morgan fingerprint density at radius 2 is 1.56 bits per heavy atom. The third-order valence-corrected chi connectivity index (χ3v) is 5.28. The second kappa shape index (κ2) is 3.57. The summed E-state index contributed by atoms with van der Waals surface area (Å²) in [5, 5.41) is 0. The van der Waals surface area contributed by atoms with Crippen LogP contribution in [0.5, 0.6) is 0 Å². The Bertz CT molecular complexity index is 71.5. The summed E-state index contributed by atoms with van der Waals surface area (Å²) < 4.78 is 0. The molecule has 0 saturated carbocycles. The van der Waals surface area contributed by atoms with Gasteiger partial charge in [0.05, 0.1) is 0 Å². The zero-order valence-corrected chi connectivity index (χ0v) is 9.65. The molecular formula is C7H20Si2. The molecule has 0 spiro atoms. The van der Waals surface area contributed by atoms with Gasteiger partial charge in [0.2, 0.25) is 0 Å².